The summed E-state index contributed by atoms with van der Waals surface area (Å²) < 4.78 is 0. The number of fused-ring (bicyclic) bond motifs is 1. The monoisotopic (exact) mass is 246 g/mol. The minimum Gasteiger partial charge on any atom is -0.359 e. The molecule has 2 aromatic rings. The number of imidazole rings is 1. The lowest BCUT2D eigenvalue weighted by Crippen LogP contribution is -2.29. The second-order valence-corrected chi connectivity index (χ2v) is 3.81. The zero-order valence-electron chi connectivity index (χ0n) is 9.99. The van der Waals surface area contributed by atoms with Gasteiger partial charge in [-0.25, -0.2) is 4.98 Å². The summed E-state index contributed by atoms with van der Waals surface area (Å²) >= 11 is 0. The molecular weight excluding hydrogens is 232 g/mol. The average molecular weight is 246 g/mol. The zero-order valence-corrected chi connectivity index (χ0v) is 9.99. The average Bonchev–Trinajstić information content (AvgIpc) is 2.85. The van der Waals surface area contributed by atoms with Gasteiger partial charge in [-0.3, -0.25) is 9.59 Å². The normalized spacial score (nSPS) is 10.3. The number of H-pyrrole nitrogens is 1. The maximum Gasteiger partial charge on any atom is 0.251 e. The molecule has 0 unspecified atom stereocenters. The van der Waals surface area contributed by atoms with Gasteiger partial charge in [0, 0.05) is 25.6 Å². The Morgan fingerprint density at radius 1 is 1.39 bits per heavy atom. The number of rotatable bonds is 4. The first-order valence-electron chi connectivity index (χ1n) is 5.62. The van der Waals surface area contributed by atoms with E-state index < -0.39 is 0 Å². The summed E-state index contributed by atoms with van der Waals surface area (Å²) in [4.78, 5) is 29.8. The van der Waals surface area contributed by atoms with Gasteiger partial charge in [-0.15, -0.1) is 0 Å². The van der Waals surface area contributed by atoms with Crippen molar-refractivity contribution in [2.75, 3.05) is 13.6 Å². The fourth-order valence-electron chi connectivity index (χ4n) is 1.59. The SMILES string of the molecule is CNC(=O)CCNC(=O)c1ccc2nc[nH]c2c1. The van der Waals surface area contributed by atoms with Gasteiger partial charge in [0.1, 0.15) is 0 Å². The number of carbonyl (C=O) groups excluding carboxylic acids is 2. The van der Waals surface area contributed by atoms with E-state index in [0.29, 0.717) is 12.1 Å². The molecule has 0 saturated heterocycles. The highest BCUT2D eigenvalue weighted by molar-refractivity contribution is 5.97. The molecule has 0 atom stereocenters. The van der Waals surface area contributed by atoms with E-state index in [-0.39, 0.29) is 18.2 Å². The third-order valence-corrected chi connectivity index (χ3v) is 2.60. The predicted molar refractivity (Wildman–Crippen MR) is 67.1 cm³/mol. The lowest BCUT2D eigenvalue weighted by atomic mass is 10.2. The molecule has 6 heteroatoms. The zero-order chi connectivity index (χ0) is 13.0. The highest BCUT2D eigenvalue weighted by Gasteiger charge is 2.07. The number of carbonyl (C=O) groups is 2. The van der Waals surface area contributed by atoms with Gasteiger partial charge in [-0.05, 0) is 18.2 Å². The van der Waals surface area contributed by atoms with Crippen LogP contribution in [-0.2, 0) is 4.79 Å². The molecule has 18 heavy (non-hydrogen) atoms. The quantitative estimate of drug-likeness (QED) is 0.731. The molecule has 1 aromatic heterocycles. The third-order valence-electron chi connectivity index (χ3n) is 2.60. The summed E-state index contributed by atoms with van der Waals surface area (Å²) in [7, 11) is 1.57. The summed E-state index contributed by atoms with van der Waals surface area (Å²) in [6, 6.07) is 5.22. The Balaban J connectivity index is 1.97. The Bertz CT molecular complexity index is 576. The van der Waals surface area contributed by atoms with Crippen LogP contribution in [0.3, 0.4) is 0 Å². The molecule has 0 aliphatic rings. The molecule has 0 aliphatic heterocycles. The van der Waals surface area contributed by atoms with Crippen LogP contribution in [0.1, 0.15) is 16.8 Å². The summed E-state index contributed by atoms with van der Waals surface area (Å²) in [5.74, 6) is -0.297. The van der Waals surface area contributed by atoms with Gasteiger partial charge in [0.2, 0.25) is 5.91 Å². The molecule has 6 nitrogen and oxygen atoms in total. The van der Waals surface area contributed by atoms with Crippen LogP contribution in [0.5, 0.6) is 0 Å². The number of nitrogens with zero attached hydrogens (tertiary/aromatic N) is 1. The maximum atomic E-state index is 11.8. The molecule has 0 fully saturated rings. The van der Waals surface area contributed by atoms with Crippen LogP contribution in [0.4, 0.5) is 0 Å². The lowest BCUT2D eigenvalue weighted by Gasteiger charge is -2.04. The largest absolute Gasteiger partial charge is 0.359 e. The molecule has 3 N–H and O–H groups in total. The number of benzene rings is 1. The van der Waals surface area contributed by atoms with Crippen LogP contribution in [0.25, 0.3) is 11.0 Å². The van der Waals surface area contributed by atoms with Crippen LogP contribution in [0.2, 0.25) is 0 Å². The lowest BCUT2D eigenvalue weighted by molar-refractivity contribution is -0.120. The van der Waals surface area contributed by atoms with E-state index in [4.69, 9.17) is 0 Å². The van der Waals surface area contributed by atoms with E-state index in [1.54, 1.807) is 31.6 Å². The first-order chi connectivity index (χ1) is 8.70. The summed E-state index contributed by atoms with van der Waals surface area (Å²) in [6.45, 7) is 0.319. The Morgan fingerprint density at radius 2 is 2.22 bits per heavy atom. The van der Waals surface area contributed by atoms with Crippen LogP contribution < -0.4 is 10.6 Å². The summed E-state index contributed by atoms with van der Waals surface area (Å²) in [6.07, 6.45) is 1.85. The van der Waals surface area contributed by atoms with Crippen molar-refractivity contribution in [3.05, 3.63) is 30.1 Å². The molecule has 0 saturated carbocycles. The van der Waals surface area contributed by atoms with Crippen molar-refractivity contribution in [3.8, 4) is 0 Å². The van der Waals surface area contributed by atoms with Crippen molar-refractivity contribution < 1.29 is 9.59 Å². The topological polar surface area (TPSA) is 86.9 Å². The van der Waals surface area contributed by atoms with Crippen molar-refractivity contribution in [1.29, 1.82) is 0 Å². The molecular formula is C12H14N4O2. The van der Waals surface area contributed by atoms with Crippen molar-refractivity contribution >= 4 is 22.8 Å². The Hall–Kier alpha value is -2.37. The van der Waals surface area contributed by atoms with E-state index in [1.165, 1.54) is 0 Å². The smallest absolute Gasteiger partial charge is 0.251 e. The van der Waals surface area contributed by atoms with E-state index in [1.807, 2.05) is 0 Å². The Morgan fingerprint density at radius 3 is 3.00 bits per heavy atom. The maximum absolute atomic E-state index is 11.8. The highest BCUT2D eigenvalue weighted by Crippen LogP contribution is 2.11. The van der Waals surface area contributed by atoms with E-state index in [0.717, 1.165) is 11.0 Å². The standard InChI is InChI=1S/C12H14N4O2/c1-13-11(17)4-5-14-12(18)8-2-3-9-10(6-8)16-7-15-9/h2-3,6-7H,4-5H2,1H3,(H,13,17)(H,14,18)(H,15,16). The summed E-state index contributed by atoms with van der Waals surface area (Å²) in [5.41, 5.74) is 2.18. The van der Waals surface area contributed by atoms with Gasteiger partial charge in [-0.2, -0.15) is 0 Å². The molecule has 0 aliphatic carbocycles. The molecule has 0 radical (unpaired) electrons. The summed E-state index contributed by atoms with van der Waals surface area (Å²) in [5, 5.41) is 5.18. The molecule has 1 heterocycles. The highest BCUT2D eigenvalue weighted by atomic mass is 16.2. The van der Waals surface area contributed by atoms with E-state index in [2.05, 4.69) is 20.6 Å². The molecule has 0 spiro atoms. The van der Waals surface area contributed by atoms with Gasteiger partial charge in [0.25, 0.3) is 5.91 Å². The van der Waals surface area contributed by atoms with Gasteiger partial charge >= 0.3 is 0 Å². The minimum atomic E-state index is -0.199. The molecule has 94 valence electrons. The van der Waals surface area contributed by atoms with Crippen molar-refractivity contribution in [2.24, 2.45) is 0 Å². The van der Waals surface area contributed by atoms with Crippen molar-refractivity contribution in [3.63, 3.8) is 0 Å². The van der Waals surface area contributed by atoms with Crippen LogP contribution in [0.15, 0.2) is 24.5 Å². The minimum absolute atomic E-state index is 0.0979. The van der Waals surface area contributed by atoms with Gasteiger partial charge in [0.05, 0.1) is 17.4 Å². The second-order valence-electron chi connectivity index (χ2n) is 3.81. The van der Waals surface area contributed by atoms with Crippen LogP contribution >= 0.6 is 0 Å². The van der Waals surface area contributed by atoms with Gasteiger partial charge < -0.3 is 15.6 Å². The number of aromatic amines is 1. The van der Waals surface area contributed by atoms with Crippen LogP contribution in [0, 0.1) is 0 Å². The van der Waals surface area contributed by atoms with Gasteiger partial charge in [0.15, 0.2) is 0 Å². The Labute approximate surface area is 104 Å². The van der Waals surface area contributed by atoms with E-state index >= 15 is 0 Å². The first-order valence-corrected chi connectivity index (χ1v) is 5.62. The number of aromatic nitrogens is 2. The van der Waals surface area contributed by atoms with Crippen molar-refractivity contribution in [1.82, 2.24) is 20.6 Å². The second kappa shape index (κ2) is 5.31. The number of amides is 2. The third kappa shape index (κ3) is 2.65. The van der Waals surface area contributed by atoms with Gasteiger partial charge in [-0.1, -0.05) is 0 Å². The fourth-order valence-corrected chi connectivity index (χ4v) is 1.59. The first kappa shape index (κ1) is 12.1. The number of nitrogens with one attached hydrogen (secondary N) is 3. The van der Waals surface area contributed by atoms with Crippen molar-refractivity contribution in [2.45, 2.75) is 6.42 Å². The Kier molecular flexibility index (Phi) is 3.57. The molecule has 2 amide bonds. The molecule has 0 bridgehead atoms. The molecule has 2 rings (SSSR count). The predicted octanol–water partition coefficient (Wildman–Crippen LogP) is 0.429. The molecule has 1 aromatic carbocycles. The van der Waals surface area contributed by atoms with E-state index in [9.17, 15) is 9.59 Å². The number of hydrogen-bond acceptors (Lipinski definition) is 3. The fraction of sp³-hybridized carbons (Fsp3) is 0.250. The van der Waals surface area contributed by atoms with Crippen LogP contribution in [-0.4, -0.2) is 35.4 Å². The number of hydrogen-bond donors (Lipinski definition) is 3.